The third-order valence-corrected chi connectivity index (χ3v) is 7.58. The second-order valence-corrected chi connectivity index (χ2v) is 11.1. The van der Waals surface area contributed by atoms with Crippen molar-refractivity contribution in [1.82, 2.24) is 9.97 Å². The summed E-state index contributed by atoms with van der Waals surface area (Å²) in [7, 11) is -0.527. The van der Waals surface area contributed by atoms with Crippen LogP contribution in [0, 0.1) is 0 Å². The molecule has 19 heavy (non-hydrogen) atoms. The van der Waals surface area contributed by atoms with Crippen molar-refractivity contribution in [3.8, 4) is 0 Å². The van der Waals surface area contributed by atoms with E-state index < -0.39 is 0 Å². The topological polar surface area (TPSA) is 25.8 Å². The fourth-order valence-corrected chi connectivity index (χ4v) is 4.88. The SMILES string of the molecule is CP(C)c1nc2ccccc2nc1P(C)C(C)(C)C. The number of hydrogen-bond donors (Lipinski definition) is 0. The first kappa shape index (κ1) is 14.8. The molecule has 0 amide bonds. The van der Waals surface area contributed by atoms with Gasteiger partial charge in [0.2, 0.25) is 0 Å². The Morgan fingerprint density at radius 2 is 1.32 bits per heavy atom. The second-order valence-electron chi connectivity index (χ2n) is 5.98. The predicted octanol–water partition coefficient (Wildman–Crippen LogP) is 3.53. The highest BCUT2D eigenvalue weighted by Gasteiger charge is 2.26. The molecular formula is C15H22N2P2. The van der Waals surface area contributed by atoms with E-state index in [-0.39, 0.29) is 21.0 Å². The van der Waals surface area contributed by atoms with Gasteiger partial charge in [-0.1, -0.05) is 48.7 Å². The lowest BCUT2D eigenvalue weighted by molar-refractivity contribution is 0.790. The van der Waals surface area contributed by atoms with Gasteiger partial charge in [-0.25, -0.2) is 9.97 Å². The zero-order chi connectivity index (χ0) is 14.2. The zero-order valence-corrected chi connectivity index (χ0v) is 14.4. The van der Waals surface area contributed by atoms with E-state index >= 15 is 0 Å². The van der Waals surface area contributed by atoms with Gasteiger partial charge in [-0.15, -0.1) is 0 Å². The number of benzene rings is 1. The molecule has 1 aromatic carbocycles. The molecule has 0 aliphatic rings. The van der Waals surface area contributed by atoms with Gasteiger partial charge in [-0.2, -0.15) is 0 Å². The highest BCUT2D eigenvalue weighted by atomic mass is 31.1. The average molecular weight is 292 g/mol. The minimum atomic E-state index is -0.301. The fraction of sp³-hybridized carbons (Fsp3) is 0.467. The van der Waals surface area contributed by atoms with Crippen molar-refractivity contribution in [2.24, 2.45) is 0 Å². The molecule has 102 valence electrons. The molecule has 0 saturated heterocycles. The van der Waals surface area contributed by atoms with Crippen LogP contribution < -0.4 is 10.9 Å². The molecule has 0 fully saturated rings. The quantitative estimate of drug-likeness (QED) is 0.791. The van der Waals surface area contributed by atoms with Gasteiger partial charge in [0, 0.05) is 0 Å². The van der Waals surface area contributed by atoms with Gasteiger partial charge in [0.25, 0.3) is 0 Å². The van der Waals surface area contributed by atoms with Crippen LogP contribution in [0.15, 0.2) is 24.3 Å². The van der Waals surface area contributed by atoms with Crippen molar-refractivity contribution in [3.63, 3.8) is 0 Å². The van der Waals surface area contributed by atoms with Crippen LogP contribution in [0.2, 0.25) is 0 Å². The molecule has 1 atom stereocenters. The normalized spacial score (nSPS) is 14.1. The molecule has 0 aliphatic heterocycles. The predicted molar refractivity (Wildman–Crippen MR) is 90.2 cm³/mol. The molecule has 4 heteroatoms. The van der Waals surface area contributed by atoms with Crippen molar-refractivity contribution >= 4 is 37.7 Å². The van der Waals surface area contributed by atoms with E-state index in [4.69, 9.17) is 9.97 Å². The molecule has 1 unspecified atom stereocenters. The Kier molecular flexibility index (Phi) is 4.23. The van der Waals surface area contributed by atoms with Crippen LogP contribution in [0.1, 0.15) is 20.8 Å². The summed E-state index contributed by atoms with van der Waals surface area (Å²) < 4.78 is 0. The van der Waals surface area contributed by atoms with Gasteiger partial charge in [0.05, 0.1) is 21.9 Å². The molecule has 1 aromatic heterocycles. The number of para-hydroxylation sites is 2. The molecule has 0 N–H and O–H groups in total. The molecular weight excluding hydrogens is 270 g/mol. The molecule has 0 saturated carbocycles. The maximum Gasteiger partial charge on any atom is 0.0899 e. The first-order valence-electron chi connectivity index (χ1n) is 6.48. The summed E-state index contributed by atoms with van der Waals surface area (Å²) in [5, 5.41) is 0.270. The van der Waals surface area contributed by atoms with Gasteiger partial charge in [0.1, 0.15) is 0 Å². The maximum atomic E-state index is 4.95. The minimum Gasteiger partial charge on any atom is -0.244 e. The Balaban J connectivity index is 2.67. The van der Waals surface area contributed by atoms with Crippen LogP contribution in [0.3, 0.4) is 0 Å². The van der Waals surface area contributed by atoms with Gasteiger partial charge >= 0.3 is 0 Å². The molecule has 0 bridgehead atoms. The summed E-state index contributed by atoms with van der Waals surface area (Å²) >= 11 is 0. The van der Waals surface area contributed by atoms with Crippen molar-refractivity contribution in [3.05, 3.63) is 24.3 Å². The third-order valence-electron chi connectivity index (χ3n) is 3.28. The molecule has 2 aromatic rings. The van der Waals surface area contributed by atoms with E-state index in [0.717, 1.165) is 11.0 Å². The van der Waals surface area contributed by atoms with Gasteiger partial charge in [0.15, 0.2) is 0 Å². The number of rotatable bonds is 2. The molecule has 0 spiro atoms. The first-order valence-corrected chi connectivity index (χ1v) is 10.5. The minimum absolute atomic E-state index is 0.227. The Hall–Kier alpha value is -0.580. The fourth-order valence-electron chi connectivity index (χ4n) is 1.82. The average Bonchev–Trinajstić information content (AvgIpc) is 2.35. The molecule has 0 aliphatic carbocycles. The molecule has 2 nitrogen and oxygen atoms in total. The maximum absolute atomic E-state index is 4.95. The lowest BCUT2D eigenvalue weighted by Gasteiger charge is -2.29. The van der Waals surface area contributed by atoms with Crippen LogP contribution in [0.4, 0.5) is 0 Å². The number of aromatic nitrogens is 2. The van der Waals surface area contributed by atoms with Crippen LogP contribution in [-0.2, 0) is 0 Å². The number of hydrogen-bond acceptors (Lipinski definition) is 2. The Bertz CT molecular complexity index is 588. The molecule has 0 radical (unpaired) electrons. The third kappa shape index (κ3) is 3.12. The van der Waals surface area contributed by atoms with E-state index in [1.165, 1.54) is 10.9 Å². The summed E-state index contributed by atoms with van der Waals surface area (Å²) in [5.74, 6) is 0. The number of fused-ring (bicyclic) bond motifs is 1. The monoisotopic (exact) mass is 292 g/mol. The van der Waals surface area contributed by atoms with E-state index in [0.29, 0.717) is 0 Å². The van der Waals surface area contributed by atoms with E-state index in [9.17, 15) is 0 Å². The summed E-state index contributed by atoms with van der Waals surface area (Å²) in [4.78, 5) is 9.84. The lowest BCUT2D eigenvalue weighted by Crippen LogP contribution is -2.33. The Labute approximate surface area is 118 Å². The first-order chi connectivity index (χ1) is 8.80. The van der Waals surface area contributed by atoms with E-state index in [2.05, 4.69) is 52.9 Å². The van der Waals surface area contributed by atoms with Crippen LogP contribution in [0.5, 0.6) is 0 Å². The van der Waals surface area contributed by atoms with Crippen LogP contribution >= 0.6 is 15.8 Å². The van der Waals surface area contributed by atoms with Crippen molar-refractivity contribution in [2.75, 3.05) is 20.0 Å². The van der Waals surface area contributed by atoms with Crippen LogP contribution in [-0.4, -0.2) is 35.1 Å². The second kappa shape index (κ2) is 5.43. The smallest absolute Gasteiger partial charge is 0.0899 e. The highest BCUT2D eigenvalue weighted by Crippen LogP contribution is 2.45. The summed E-state index contributed by atoms with van der Waals surface area (Å²) in [6, 6.07) is 8.20. The standard InChI is InChI=1S/C15H22N2P2/c1-15(2,3)19(6)14-13(18(4)5)16-11-9-7-8-10-12(11)17-14/h7-10H,1-6H3. The van der Waals surface area contributed by atoms with Crippen molar-refractivity contribution in [1.29, 1.82) is 0 Å². The number of nitrogens with zero attached hydrogens (tertiary/aromatic N) is 2. The zero-order valence-electron chi connectivity index (χ0n) is 12.6. The lowest BCUT2D eigenvalue weighted by atomic mass is 10.3. The summed E-state index contributed by atoms with van der Waals surface area (Å²) in [5.41, 5.74) is 4.53. The Morgan fingerprint density at radius 1 is 0.842 bits per heavy atom. The van der Waals surface area contributed by atoms with Gasteiger partial charge in [-0.3, -0.25) is 0 Å². The van der Waals surface area contributed by atoms with E-state index in [1.807, 2.05) is 12.1 Å². The summed E-state index contributed by atoms with van der Waals surface area (Å²) in [6.07, 6.45) is 0. The largest absolute Gasteiger partial charge is 0.244 e. The van der Waals surface area contributed by atoms with Crippen molar-refractivity contribution in [2.45, 2.75) is 25.9 Å². The summed E-state index contributed by atoms with van der Waals surface area (Å²) in [6.45, 7) is 13.8. The molecule has 2 rings (SSSR count). The highest BCUT2D eigenvalue weighted by molar-refractivity contribution is 7.71. The van der Waals surface area contributed by atoms with Crippen molar-refractivity contribution < 1.29 is 0 Å². The van der Waals surface area contributed by atoms with Crippen LogP contribution in [0.25, 0.3) is 11.0 Å². The van der Waals surface area contributed by atoms with Gasteiger partial charge in [-0.05, 0) is 37.3 Å². The molecule has 1 heterocycles. The van der Waals surface area contributed by atoms with E-state index in [1.54, 1.807) is 0 Å². The Morgan fingerprint density at radius 3 is 1.74 bits per heavy atom. The van der Waals surface area contributed by atoms with Gasteiger partial charge < -0.3 is 0 Å².